The molecule has 0 saturated carbocycles. The van der Waals surface area contributed by atoms with Crippen molar-refractivity contribution in [2.45, 2.75) is 19.4 Å². The molecule has 86 valence electrons. The lowest BCUT2D eigenvalue weighted by atomic mass is 10.0. The van der Waals surface area contributed by atoms with Gasteiger partial charge in [-0.05, 0) is 13.0 Å². The van der Waals surface area contributed by atoms with E-state index in [1.165, 1.54) is 18.2 Å². The number of nitro groups is 2. The van der Waals surface area contributed by atoms with Gasteiger partial charge in [0, 0.05) is 24.6 Å². The molecule has 0 heterocycles. The maximum Gasteiger partial charge on any atom is 0.279 e. The Balaban J connectivity index is 3.34. The summed E-state index contributed by atoms with van der Waals surface area (Å²) in [6, 6.07) is 3.40. The predicted molar refractivity (Wildman–Crippen MR) is 57.1 cm³/mol. The van der Waals surface area contributed by atoms with Crippen molar-refractivity contribution in [2.24, 2.45) is 5.73 Å². The van der Waals surface area contributed by atoms with Crippen LogP contribution in [0.5, 0.6) is 0 Å². The number of hydrogen-bond donors (Lipinski definition) is 1. The quantitative estimate of drug-likeness (QED) is 0.614. The number of nitro benzene ring substituents is 2. The van der Waals surface area contributed by atoms with Crippen LogP contribution in [0.3, 0.4) is 0 Å². The van der Waals surface area contributed by atoms with Crippen LogP contribution >= 0.6 is 0 Å². The van der Waals surface area contributed by atoms with Crippen molar-refractivity contribution < 1.29 is 9.85 Å². The number of nitrogens with zero attached hydrogens (tertiary/aromatic N) is 2. The SMILES string of the molecule is CC(N)Cc1c([N+](=O)[O-])cccc1[N+](=O)[O-]. The molecule has 1 aromatic rings. The highest BCUT2D eigenvalue weighted by Crippen LogP contribution is 2.28. The van der Waals surface area contributed by atoms with Gasteiger partial charge in [0.05, 0.1) is 9.85 Å². The molecule has 16 heavy (non-hydrogen) atoms. The first kappa shape index (κ1) is 12.1. The molecule has 0 bridgehead atoms. The van der Waals surface area contributed by atoms with E-state index < -0.39 is 9.85 Å². The fraction of sp³-hybridized carbons (Fsp3) is 0.333. The molecule has 0 radical (unpaired) electrons. The van der Waals surface area contributed by atoms with Gasteiger partial charge < -0.3 is 5.73 Å². The lowest BCUT2D eigenvalue weighted by Gasteiger charge is -2.06. The predicted octanol–water partition coefficient (Wildman–Crippen LogP) is 1.39. The molecule has 7 nitrogen and oxygen atoms in total. The molecule has 0 aliphatic carbocycles. The first-order chi connectivity index (χ1) is 7.43. The van der Waals surface area contributed by atoms with Gasteiger partial charge in [-0.25, -0.2) is 0 Å². The van der Waals surface area contributed by atoms with E-state index in [-0.39, 0.29) is 29.4 Å². The maximum atomic E-state index is 10.7. The minimum Gasteiger partial charge on any atom is -0.328 e. The van der Waals surface area contributed by atoms with Crippen molar-refractivity contribution in [3.63, 3.8) is 0 Å². The lowest BCUT2D eigenvalue weighted by Crippen LogP contribution is -2.19. The molecule has 0 amide bonds. The standard InChI is InChI=1S/C9H11N3O4/c1-6(10)5-7-8(11(13)14)3-2-4-9(7)12(15)16/h2-4,6H,5,10H2,1H3. The molecule has 0 aliphatic heterocycles. The van der Waals surface area contributed by atoms with E-state index in [1.54, 1.807) is 6.92 Å². The van der Waals surface area contributed by atoms with E-state index in [0.29, 0.717) is 0 Å². The number of nitrogens with two attached hydrogens (primary N) is 1. The van der Waals surface area contributed by atoms with Gasteiger partial charge in [0.1, 0.15) is 5.56 Å². The second kappa shape index (κ2) is 4.67. The molecular weight excluding hydrogens is 214 g/mol. The molecular formula is C9H11N3O4. The van der Waals surface area contributed by atoms with Crippen LogP contribution in [0.1, 0.15) is 12.5 Å². The fourth-order valence-electron chi connectivity index (χ4n) is 1.44. The van der Waals surface area contributed by atoms with E-state index in [2.05, 4.69) is 0 Å². The van der Waals surface area contributed by atoms with Crippen LogP contribution in [0.25, 0.3) is 0 Å². The van der Waals surface area contributed by atoms with Crippen LogP contribution in [0.4, 0.5) is 11.4 Å². The zero-order valence-corrected chi connectivity index (χ0v) is 8.62. The monoisotopic (exact) mass is 225 g/mol. The Morgan fingerprint density at radius 2 is 1.69 bits per heavy atom. The second-order valence-electron chi connectivity index (χ2n) is 3.47. The Bertz CT molecular complexity index is 399. The molecule has 0 spiro atoms. The third-order valence-corrected chi connectivity index (χ3v) is 2.05. The first-order valence-corrected chi connectivity index (χ1v) is 4.59. The summed E-state index contributed by atoms with van der Waals surface area (Å²) in [5, 5.41) is 21.4. The summed E-state index contributed by atoms with van der Waals surface area (Å²) in [5.74, 6) is 0. The molecule has 1 aromatic carbocycles. The summed E-state index contributed by atoms with van der Waals surface area (Å²) < 4.78 is 0. The van der Waals surface area contributed by atoms with Gasteiger partial charge in [-0.2, -0.15) is 0 Å². The molecule has 0 saturated heterocycles. The molecule has 1 rings (SSSR count). The topological polar surface area (TPSA) is 112 Å². The summed E-state index contributed by atoms with van der Waals surface area (Å²) in [4.78, 5) is 20.2. The van der Waals surface area contributed by atoms with Crippen LogP contribution in [0.15, 0.2) is 18.2 Å². The van der Waals surface area contributed by atoms with E-state index >= 15 is 0 Å². The smallest absolute Gasteiger partial charge is 0.279 e. The van der Waals surface area contributed by atoms with Crippen molar-refractivity contribution in [3.8, 4) is 0 Å². The van der Waals surface area contributed by atoms with Gasteiger partial charge in [-0.15, -0.1) is 0 Å². The Labute approximate surface area is 91.2 Å². The molecule has 1 unspecified atom stereocenters. The summed E-state index contributed by atoms with van der Waals surface area (Å²) in [6.45, 7) is 1.64. The van der Waals surface area contributed by atoms with Crippen molar-refractivity contribution in [1.82, 2.24) is 0 Å². The lowest BCUT2D eigenvalue weighted by molar-refractivity contribution is -0.395. The van der Waals surface area contributed by atoms with Crippen LogP contribution in [-0.2, 0) is 6.42 Å². The van der Waals surface area contributed by atoms with Gasteiger partial charge in [0.15, 0.2) is 0 Å². The van der Waals surface area contributed by atoms with Crippen LogP contribution in [-0.4, -0.2) is 15.9 Å². The Morgan fingerprint density at radius 1 is 1.25 bits per heavy atom. The Kier molecular flexibility index (Phi) is 3.51. The van der Waals surface area contributed by atoms with Gasteiger partial charge in [0.2, 0.25) is 0 Å². The first-order valence-electron chi connectivity index (χ1n) is 4.59. The summed E-state index contributed by atoms with van der Waals surface area (Å²) in [6.07, 6.45) is 0.105. The van der Waals surface area contributed by atoms with Gasteiger partial charge >= 0.3 is 0 Å². The van der Waals surface area contributed by atoms with Gasteiger partial charge in [-0.3, -0.25) is 20.2 Å². The van der Waals surface area contributed by atoms with E-state index in [9.17, 15) is 20.2 Å². The minimum absolute atomic E-state index is 0.0764. The molecule has 0 aromatic heterocycles. The van der Waals surface area contributed by atoms with Gasteiger partial charge in [0.25, 0.3) is 11.4 Å². The highest BCUT2D eigenvalue weighted by Gasteiger charge is 2.24. The van der Waals surface area contributed by atoms with Gasteiger partial charge in [-0.1, -0.05) is 0 Å². The number of hydrogen-bond acceptors (Lipinski definition) is 5. The number of rotatable bonds is 4. The Hall–Kier alpha value is -2.02. The molecule has 0 aliphatic rings. The Morgan fingerprint density at radius 3 is 2.00 bits per heavy atom. The second-order valence-corrected chi connectivity index (χ2v) is 3.47. The van der Waals surface area contributed by atoms with Crippen molar-refractivity contribution >= 4 is 11.4 Å². The van der Waals surface area contributed by atoms with Crippen molar-refractivity contribution in [2.75, 3.05) is 0 Å². The average molecular weight is 225 g/mol. The third kappa shape index (κ3) is 2.51. The zero-order valence-electron chi connectivity index (χ0n) is 8.62. The average Bonchev–Trinajstić information content (AvgIpc) is 2.16. The van der Waals surface area contributed by atoms with Crippen LogP contribution in [0.2, 0.25) is 0 Å². The van der Waals surface area contributed by atoms with E-state index in [1.807, 2.05) is 0 Å². The summed E-state index contributed by atoms with van der Waals surface area (Å²) in [7, 11) is 0. The maximum absolute atomic E-state index is 10.7. The normalized spacial score (nSPS) is 12.1. The third-order valence-electron chi connectivity index (χ3n) is 2.05. The summed E-state index contributed by atoms with van der Waals surface area (Å²) in [5.41, 5.74) is 5.08. The molecule has 0 fully saturated rings. The van der Waals surface area contributed by atoms with E-state index in [0.717, 1.165) is 0 Å². The highest BCUT2D eigenvalue weighted by atomic mass is 16.6. The highest BCUT2D eigenvalue weighted by molar-refractivity contribution is 5.53. The largest absolute Gasteiger partial charge is 0.328 e. The van der Waals surface area contributed by atoms with Crippen LogP contribution < -0.4 is 5.73 Å². The minimum atomic E-state index is -0.634. The summed E-state index contributed by atoms with van der Waals surface area (Å²) >= 11 is 0. The zero-order chi connectivity index (χ0) is 12.3. The van der Waals surface area contributed by atoms with Crippen LogP contribution in [0, 0.1) is 20.2 Å². The number of benzene rings is 1. The molecule has 1 atom stereocenters. The van der Waals surface area contributed by atoms with E-state index in [4.69, 9.17) is 5.73 Å². The van der Waals surface area contributed by atoms with Crippen molar-refractivity contribution in [3.05, 3.63) is 44.0 Å². The fourth-order valence-corrected chi connectivity index (χ4v) is 1.44. The molecule has 2 N–H and O–H groups in total. The van der Waals surface area contributed by atoms with Crippen molar-refractivity contribution in [1.29, 1.82) is 0 Å². The molecule has 7 heteroatoms.